The first kappa shape index (κ1) is 17.5. The number of nitrogens with one attached hydrogen (secondary N) is 1. The van der Waals surface area contributed by atoms with Gasteiger partial charge in [0.25, 0.3) is 11.8 Å². The van der Waals surface area contributed by atoms with Gasteiger partial charge < -0.3 is 10.2 Å². The van der Waals surface area contributed by atoms with E-state index >= 15 is 0 Å². The summed E-state index contributed by atoms with van der Waals surface area (Å²) in [6.07, 6.45) is 2.01. The molecule has 0 saturated carbocycles. The molecule has 1 N–H and O–H groups in total. The molecule has 1 fully saturated rings. The highest BCUT2D eigenvalue weighted by molar-refractivity contribution is 6.22. The van der Waals surface area contributed by atoms with Crippen LogP contribution >= 0.6 is 0 Å². The number of imide groups is 1. The van der Waals surface area contributed by atoms with Gasteiger partial charge in [0.05, 0.1) is 11.1 Å². The molecule has 0 spiro atoms. The molecule has 1 aromatic carbocycles. The Bertz CT molecular complexity index is 728. The van der Waals surface area contributed by atoms with E-state index in [1.165, 1.54) is 4.90 Å². The lowest BCUT2D eigenvalue weighted by atomic mass is 10.00. The van der Waals surface area contributed by atoms with Gasteiger partial charge in [-0.15, -0.1) is 0 Å². The van der Waals surface area contributed by atoms with Gasteiger partial charge in [0.1, 0.15) is 0 Å². The Morgan fingerprint density at radius 3 is 2.28 bits per heavy atom. The molecule has 134 valence electrons. The summed E-state index contributed by atoms with van der Waals surface area (Å²) in [5, 5.41) is 2.85. The number of likely N-dealkylation sites (tertiary alicyclic amines) is 1. The number of amides is 4. The second-order valence-corrected chi connectivity index (χ2v) is 7.98. The van der Waals surface area contributed by atoms with Crippen molar-refractivity contribution < 1.29 is 14.4 Å². The SMILES string of the molecule is CC1CCN(C(=O)Nc2ccc3c(c2)C(=O)N(C(C)(C)C)C3=O)CC1. The fourth-order valence-electron chi connectivity index (χ4n) is 3.34. The van der Waals surface area contributed by atoms with Gasteiger partial charge in [-0.25, -0.2) is 4.79 Å². The molecule has 0 aliphatic carbocycles. The Labute approximate surface area is 148 Å². The van der Waals surface area contributed by atoms with E-state index in [1.54, 1.807) is 23.1 Å². The minimum Gasteiger partial charge on any atom is -0.325 e. The lowest BCUT2D eigenvalue weighted by Gasteiger charge is -2.30. The normalized spacial score (nSPS) is 18.6. The maximum absolute atomic E-state index is 12.6. The van der Waals surface area contributed by atoms with E-state index in [4.69, 9.17) is 0 Å². The molecule has 3 rings (SSSR count). The van der Waals surface area contributed by atoms with Crippen LogP contribution in [0.2, 0.25) is 0 Å². The van der Waals surface area contributed by atoms with Crippen molar-refractivity contribution in [2.24, 2.45) is 5.92 Å². The van der Waals surface area contributed by atoms with Crippen LogP contribution in [0.4, 0.5) is 10.5 Å². The monoisotopic (exact) mass is 343 g/mol. The van der Waals surface area contributed by atoms with E-state index in [0.717, 1.165) is 25.9 Å². The quantitative estimate of drug-likeness (QED) is 0.795. The molecule has 2 aliphatic rings. The number of hydrogen-bond donors (Lipinski definition) is 1. The fourth-order valence-corrected chi connectivity index (χ4v) is 3.34. The molecule has 6 nitrogen and oxygen atoms in total. The van der Waals surface area contributed by atoms with Gasteiger partial charge in [0.2, 0.25) is 0 Å². The molecule has 2 heterocycles. The number of carbonyl (C=O) groups excluding carboxylic acids is 3. The molecule has 0 atom stereocenters. The van der Waals surface area contributed by atoms with Gasteiger partial charge in [-0.05, 0) is 57.7 Å². The Morgan fingerprint density at radius 1 is 1.08 bits per heavy atom. The largest absolute Gasteiger partial charge is 0.325 e. The molecule has 2 aliphatic heterocycles. The van der Waals surface area contributed by atoms with E-state index in [1.807, 2.05) is 20.8 Å². The van der Waals surface area contributed by atoms with Crippen molar-refractivity contribution in [1.82, 2.24) is 9.80 Å². The fraction of sp³-hybridized carbons (Fsp3) is 0.526. The Balaban J connectivity index is 1.77. The van der Waals surface area contributed by atoms with Gasteiger partial charge in [-0.2, -0.15) is 0 Å². The van der Waals surface area contributed by atoms with E-state index in [0.29, 0.717) is 22.7 Å². The second kappa shape index (κ2) is 6.17. The smallest absolute Gasteiger partial charge is 0.321 e. The zero-order chi connectivity index (χ0) is 18.4. The number of anilines is 1. The van der Waals surface area contributed by atoms with Crippen molar-refractivity contribution in [3.05, 3.63) is 29.3 Å². The first-order valence-corrected chi connectivity index (χ1v) is 8.77. The molecule has 0 bridgehead atoms. The van der Waals surface area contributed by atoms with Crippen LogP contribution in [-0.4, -0.2) is 46.3 Å². The molecule has 0 radical (unpaired) electrons. The molecule has 1 saturated heterocycles. The molecule has 0 unspecified atom stereocenters. The minimum absolute atomic E-state index is 0.156. The first-order valence-electron chi connectivity index (χ1n) is 8.77. The highest BCUT2D eigenvalue weighted by Crippen LogP contribution is 2.31. The molecule has 0 aromatic heterocycles. The van der Waals surface area contributed by atoms with E-state index in [2.05, 4.69) is 12.2 Å². The summed E-state index contributed by atoms with van der Waals surface area (Å²) in [5.41, 5.74) is 0.704. The van der Waals surface area contributed by atoms with Crippen LogP contribution in [0, 0.1) is 5.92 Å². The molecular weight excluding hydrogens is 318 g/mol. The maximum atomic E-state index is 12.6. The van der Waals surface area contributed by atoms with Crippen molar-refractivity contribution >= 4 is 23.5 Å². The summed E-state index contributed by atoms with van der Waals surface area (Å²) in [4.78, 5) is 40.5. The standard InChI is InChI=1S/C19H25N3O3/c1-12-7-9-21(10-8-12)18(25)20-13-5-6-14-15(11-13)17(24)22(16(14)23)19(2,3)4/h5-6,11-12H,7-10H2,1-4H3,(H,20,25). The van der Waals surface area contributed by atoms with E-state index in [-0.39, 0.29) is 17.8 Å². The number of piperidine rings is 1. The average Bonchev–Trinajstić information content (AvgIpc) is 2.78. The van der Waals surface area contributed by atoms with Crippen molar-refractivity contribution in [3.63, 3.8) is 0 Å². The van der Waals surface area contributed by atoms with Crippen LogP contribution < -0.4 is 5.32 Å². The highest BCUT2D eigenvalue weighted by Gasteiger charge is 2.41. The number of hydrogen-bond acceptors (Lipinski definition) is 3. The van der Waals surface area contributed by atoms with Crippen molar-refractivity contribution in [1.29, 1.82) is 0 Å². The highest BCUT2D eigenvalue weighted by atomic mass is 16.2. The van der Waals surface area contributed by atoms with Crippen molar-refractivity contribution in [2.45, 2.75) is 46.1 Å². The van der Waals surface area contributed by atoms with Crippen LogP contribution in [0.5, 0.6) is 0 Å². The summed E-state index contributed by atoms with van der Waals surface area (Å²) in [5.74, 6) is 0.0573. The van der Waals surface area contributed by atoms with Crippen LogP contribution in [0.15, 0.2) is 18.2 Å². The maximum Gasteiger partial charge on any atom is 0.321 e. The van der Waals surface area contributed by atoms with Crippen LogP contribution in [0.3, 0.4) is 0 Å². The molecule has 25 heavy (non-hydrogen) atoms. The third-order valence-corrected chi connectivity index (χ3v) is 4.88. The predicted molar refractivity (Wildman–Crippen MR) is 95.7 cm³/mol. The number of nitrogens with zero attached hydrogens (tertiary/aromatic N) is 2. The van der Waals surface area contributed by atoms with Crippen LogP contribution in [0.25, 0.3) is 0 Å². The summed E-state index contributed by atoms with van der Waals surface area (Å²) in [6, 6.07) is 4.75. The van der Waals surface area contributed by atoms with Gasteiger partial charge >= 0.3 is 6.03 Å². The third-order valence-electron chi connectivity index (χ3n) is 4.88. The van der Waals surface area contributed by atoms with E-state index < -0.39 is 5.54 Å². The van der Waals surface area contributed by atoms with Gasteiger partial charge in [0, 0.05) is 24.3 Å². The van der Waals surface area contributed by atoms with Gasteiger partial charge in [-0.3, -0.25) is 14.5 Å². The Morgan fingerprint density at radius 2 is 1.68 bits per heavy atom. The number of carbonyl (C=O) groups is 3. The lowest BCUT2D eigenvalue weighted by Crippen LogP contribution is -2.45. The van der Waals surface area contributed by atoms with E-state index in [9.17, 15) is 14.4 Å². The van der Waals surface area contributed by atoms with Crippen molar-refractivity contribution in [2.75, 3.05) is 18.4 Å². The topological polar surface area (TPSA) is 69.7 Å². The van der Waals surface area contributed by atoms with Crippen molar-refractivity contribution in [3.8, 4) is 0 Å². The number of fused-ring (bicyclic) bond motifs is 1. The molecule has 4 amide bonds. The van der Waals surface area contributed by atoms with Gasteiger partial charge in [-0.1, -0.05) is 6.92 Å². The summed E-state index contributed by atoms with van der Waals surface area (Å²) >= 11 is 0. The second-order valence-electron chi connectivity index (χ2n) is 7.98. The molecular formula is C19H25N3O3. The summed E-state index contributed by atoms with van der Waals surface area (Å²) in [6.45, 7) is 9.16. The van der Waals surface area contributed by atoms with Gasteiger partial charge in [0.15, 0.2) is 0 Å². The third kappa shape index (κ3) is 3.25. The number of rotatable bonds is 1. The zero-order valence-corrected chi connectivity index (χ0v) is 15.3. The Kier molecular flexibility index (Phi) is 4.31. The summed E-state index contributed by atoms with van der Waals surface area (Å²) < 4.78 is 0. The molecule has 1 aromatic rings. The van der Waals surface area contributed by atoms with Crippen LogP contribution in [-0.2, 0) is 0 Å². The predicted octanol–water partition coefficient (Wildman–Crippen LogP) is 3.34. The number of benzene rings is 1. The first-order chi connectivity index (χ1) is 11.7. The lowest BCUT2D eigenvalue weighted by molar-refractivity contribution is 0.0507. The average molecular weight is 343 g/mol. The Hall–Kier alpha value is -2.37. The number of urea groups is 1. The molecule has 6 heteroatoms. The zero-order valence-electron chi connectivity index (χ0n) is 15.3. The summed E-state index contributed by atoms with van der Waals surface area (Å²) in [7, 11) is 0. The minimum atomic E-state index is -0.582. The van der Waals surface area contributed by atoms with Crippen LogP contribution in [0.1, 0.15) is 61.3 Å².